The quantitative estimate of drug-likeness (QED) is 0.267. The van der Waals surface area contributed by atoms with Gasteiger partial charge in [-0.3, -0.25) is 4.79 Å². The monoisotopic (exact) mass is 485 g/mol. The fourth-order valence-electron chi connectivity index (χ4n) is 4.36. The molecule has 0 aliphatic carbocycles. The van der Waals surface area contributed by atoms with Gasteiger partial charge in [-0.2, -0.15) is 0 Å². The molecule has 1 N–H and O–H groups in total. The van der Waals surface area contributed by atoms with Gasteiger partial charge in [0.25, 0.3) is 0 Å². The second-order valence-electron chi connectivity index (χ2n) is 9.25. The number of rotatable bonds is 11. The van der Waals surface area contributed by atoms with Crippen molar-refractivity contribution in [1.82, 2.24) is 14.9 Å². The summed E-state index contributed by atoms with van der Waals surface area (Å²) in [5.74, 6) is 2.57. The van der Waals surface area contributed by atoms with Gasteiger partial charge in [0, 0.05) is 6.54 Å². The van der Waals surface area contributed by atoms with E-state index in [1.165, 1.54) is 5.56 Å². The number of aryl methyl sites for hydroxylation is 3. The number of carbonyl (C=O) groups excluding carboxylic acids is 1. The van der Waals surface area contributed by atoms with Crippen molar-refractivity contribution < 1.29 is 14.3 Å². The van der Waals surface area contributed by atoms with Gasteiger partial charge in [0.05, 0.1) is 37.2 Å². The van der Waals surface area contributed by atoms with Crippen LogP contribution in [0.3, 0.4) is 0 Å². The molecule has 4 aromatic rings. The van der Waals surface area contributed by atoms with Crippen LogP contribution in [0.4, 0.5) is 0 Å². The van der Waals surface area contributed by atoms with Crippen molar-refractivity contribution in [3.8, 4) is 11.5 Å². The summed E-state index contributed by atoms with van der Waals surface area (Å²) < 4.78 is 13.5. The summed E-state index contributed by atoms with van der Waals surface area (Å²) in [6.45, 7) is 7.62. The van der Waals surface area contributed by atoms with E-state index < -0.39 is 0 Å². The van der Waals surface area contributed by atoms with E-state index in [1.54, 1.807) is 7.11 Å². The largest absolute Gasteiger partial charge is 0.497 e. The highest BCUT2D eigenvalue weighted by atomic mass is 16.5. The predicted octanol–water partition coefficient (Wildman–Crippen LogP) is 5.94. The topological polar surface area (TPSA) is 65.4 Å². The second kappa shape index (κ2) is 11.8. The smallest absolute Gasteiger partial charge is 0.224 e. The van der Waals surface area contributed by atoms with Crippen LogP contribution in [-0.2, 0) is 17.8 Å². The van der Waals surface area contributed by atoms with Crippen molar-refractivity contribution in [3.63, 3.8) is 0 Å². The second-order valence-corrected chi connectivity index (χ2v) is 9.25. The van der Waals surface area contributed by atoms with E-state index in [0.29, 0.717) is 13.0 Å². The molecule has 0 fully saturated rings. The Kier molecular flexibility index (Phi) is 8.26. The van der Waals surface area contributed by atoms with Crippen LogP contribution in [0.15, 0.2) is 66.7 Å². The van der Waals surface area contributed by atoms with Crippen molar-refractivity contribution in [2.45, 2.75) is 52.6 Å². The Hall–Kier alpha value is -3.80. The molecule has 6 heteroatoms. The van der Waals surface area contributed by atoms with Crippen LogP contribution in [0.2, 0.25) is 0 Å². The molecule has 0 spiro atoms. The van der Waals surface area contributed by atoms with Crippen molar-refractivity contribution in [1.29, 1.82) is 0 Å². The number of amides is 1. The number of ether oxygens (including phenoxy) is 2. The maximum absolute atomic E-state index is 12.8. The number of hydrogen-bond donors (Lipinski definition) is 1. The van der Waals surface area contributed by atoms with E-state index in [2.05, 4.69) is 48.0 Å². The lowest BCUT2D eigenvalue weighted by molar-refractivity contribution is -0.121. The summed E-state index contributed by atoms with van der Waals surface area (Å²) in [4.78, 5) is 17.6. The van der Waals surface area contributed by atoms with Crippen LogP contribution in [-0.4, -0.2) is 29.2 Å². The predicted molar refractivity (Wildman–Crippen MR) is 144 cm³/mol. The van der Waals surface area contributed by atoms with E-state index >= 15 is 0 Å². The number of unbranched alkanes of at least 4 members (excludes halogenated alkanes) is 1. The zero-order valence-electron chi connectivity index (χ0n) is 21.6. The van der Waals surface area contributed by atoms with Crippen molar-refractivity contribution >= 4 is 16.9 Å². The summed E-state index contributed by atoms with van der Waals surface area (Å²) in [5, 5.41) is 3.13. The first kappa shape index (κ1) is 25.3. The van der Waals surface area contributed by atoms with Gasteiger partial charge in [-0.15, -0.1) is 0 Å². The minimum atomic E-state index is -0.214. The Balaban J connectivity index is 1.38. The molecule has 0 saturated heterocycles. The van der Waals surface area contributed by atoms with Crippen molar-refractivity contribution in [2.24, 2.45) is 0 Å². The van der Waals surface area contributed by atoms with E-state index in [4.69, 9.17) is 14.5 Å². The van der Waals surface area contributed by atoms with Crippen LogP contribution in [0, 0.1) is 13.8 Å². The Labute approximate surface area is 213 Å². The van der Waals surface area contributed by atoms with Gasteiger partial charge in [-0.25, -0.2) is 4.98 Å². The van der Waals surface area contributed by atoms with Gasteiger partial charge in [-0.05, 0) is 80.6 Å². The lowest BCUT2D eigenvalue weighted by Crippen LogP contribution is -2.30. The van der Waals surface area contributed by atoms with Gasteiger partial charge in [0.2, 0.25) is 5.91 Å². The Bertz CT molecular complexity index is 1310. The van der Waals surface area contributed by atoms with E-state index in [1.807, 2.05) is 49.4 Å². The molecule has 0 bridgehead atoms. The maximum atomic E-state index is 12.8. The summed E-state index contributed by atoms with van der Waals surface area (Å²) in [5.41, 5.74) is 5.32. The lowest BCUT2D eigenvalue weighted by Gasteiger charge is -2.17. The number of para-hydroxylation sites is 2. The number of hydrogen-bond acceptors (Lipinski definition) is 4. The normalized spacial score (nSPS) is 11.9. The molecule has 36 heavy (non-hydrogen) atoms. The molecule has 0 aliphatic heterocycles. The van der Waals surface area contributed by atoms with Crippen LogP contribution in [0.5, 0.6) is 11.5 Å². The highest BCUT2D eigenvalue weighted by Gasteiger charge is 2.18. The summed E-state index contributed by atoms with van der Waals surface area (Å²) >= 11 is 0. The minimum Gasteiger partial charge on any atom is -0.497 e. The zero-order valence-corrected chi connectivity index (χ0v) is 21.6. The molecule has 4 rings (SSSR count). The van der Waals surface area contributed by atoms with Crippen LogP contribution in [0.25, 0.3) is 11.0 Å². The van der Waals surface area contributed by atoms with Gasteiger partial charge >= 0.3 is 0 Å². The summed E-state index contributed by atoms with van der Waals surface area (Å²) in [6.07, 6.45) is 2.19. The Morgan fingerprint density at radius 3 is 2.58 bits per heavy atom. The average molecular weight is 486 g/mol. The van der Waals surface area contributed by atoms with Crippen LogP contribution in [0.1, 0.15) is 48.3 Å². The van der Waals surface area contributed by atoms with Crippen LogP contribution >= 0.6 is 0 Å². The van der Waals surface area contributed by atoms with E-state index in [0.717, 1.165) is 58.9 Å². The molecular weight excluding hydrogens is 450 g/mol. The first-order chi connectivity index (χ1) is 17.4. The van der Waals surface area contributed by atoms with Gasteiger partial charge in [0.15, 0.2) is 0 Å². The van der Waals surface area contributed by atoms with Crippen molar-refractivity contribution in [2.75, 3.05) is 13.7 Å². The number of methoxy groups -OCH3 is 1. The van der Waals surface area contributed by atoms with Gasteiger partial charge in [-0.1, -0.05) is 36.4 Å². The fraction of sp³-hybridized carbons (Fsp3) is 0.333. The number of nitrogens with one attached hydrogen (secondary N) is 1. The van der Waals surface area contributed by atoms with E-state index in [9.17, 15) is 4.79 Å². The lowest BCUT2D eigenvalue weighted by atomic mass is 10.1. The third-order valence-electron chi connectivity index (χ3n) is 6.35. The third kappa shape index (κ3) is 6.25. The SMILES string of the molecule is COc1ccc(CC(=O)NC(C)c2nc3ccccc3n2CCCCOc2cc(C)ccc2C)cc1. The number of aromatic nitrogens is 2. The molecular formula is C30H35N3O3. The molecule has 1 aromatic heterocycles. The van der Waals surface area contributed by atoms with Crippen molar-refractivity contribution in [3.05, 3.63) is 89.2 Å². The number of imidazole rings is 1. The van der Waals surface area contributed by atoms with E-state index in [-0.39, 0.29) is 11.9 Å². The molecule has 0 aliphatic rings. The molecule has 0 radical (unpaired) electrons. The number of fused-ring (bicyclic) bond motifs is 1. The van der Waals surface area contributed by atoms with Gasteiger partial charge in [0.1, 0.15) is 17.3 Å². The molecule has 0 saturated carbocycles. The first-order valence-electron chi connectivity index (χ1n) is 12.5. The zero-order chi connectivity index (χ0) is 25.5. The standard InChI is InChI=1S/C30H35N3O3/c1-21-11-12-22(2)28(19-21)36-18-8-7-17-33-27-10-6-5-9-26(27)32-30(33)23(3)31-29(34)20-24-13-15-25(35-4)16-14-24/h5-6,9-16,19,23H,7-8,17-18,20H2,1-4H3,(H,31,34). The molecule has 1 atom stereocenters. The maximum Gasteiger partial charge on any atom is 0.224 e. The highest BCUT2D eigenvalue weighted by molar-refractivity contribution is 5.79. The molecule has 188 valence electrons. The molecule has 3 aromatic carbocycles. The number of benzene rings is 3. The average Bonchev–Trinajstić information content (AvgIpc) is 3.25. The fourth-order valence-corrected chi connectivity index (χ4v) is 4.36. The van der Waals surface area contributed by atoms with Crippen LogP contribution < -0.4 is 14.8 Å². The summed E-state index contributed by atoms with van der Waals surface area (Å²) in [7, 11) is 1.63. The Morgan fingerprint density at radius 2 is 1.81 bits per heavy atom. The Morgan fingerprint density at radius 1 is 1.03 bits per heavy atom. The number of nitrogens with zero attached hydrogens (tertiary/aromatic N) is 2. The summed E-state index contributed by atoms with van der Waals surface area (Å²) in [6, 6.07) is 21.8. The van der Waals surface area contributed by atoms with Gasteiger partial charge < -0.3 is 19.4 Å². The molecule has 1 heterocycles. The first-order valence-corrected chi connectivity index (χ1v) is 12.5. The minimum absolute atomic E-state index is 0.0341. The molecule has 1 unspecified atom stereocenters. The third-order valence-corrected chi connectivity index (χ3v) is 6.35. The molecule has 6 nitrogen and oxygen atoms in total. The number of carbonyl (C=O) groups is 1. The molecule has 1 amide bonds. The highest BCUT2D eigenvalue weighted by Crippen LogP contribution is 2.23.